The van der Waals surface area contributed by atoms with Gasteiger partial charge in [-0.15, -0.1) is 0 Å². The molecule has 0 atom stereocenters. The second-order valence-electron chi connectivity index (χ2n) is 3.01. The van der Waals surface area contributed by atoms with Crippen LogP contribution in [0.3, 0.4) is 0 Å². The van der Waals surface area contributed by atoms with Crippen molar-refractivity contribution in [3.05, 3.63) is 35.7 Å². The van der Waals surface area contributed by atoms with Crippen molar-refractivity contribution < 1.29 is 9.90 Å². The number of carboxylic acid groups (broad SMARTS) is 1. The average molecular weight is 188 g/mol. The highest BCUT2D eigenvalue weighted by Crippen LogP contribution is 2.13. The molecular formula is C10H8N2O2. The zero-order valence-corrected chi connectivity index (χ0v) is 7.56. The molecule has 0 aliphatic carbocycles. The highest BCUT2D eigenvalue weighted by molar-refractivity contribution is 5.90. The third-order valence-electron chi connectivity index (χ3n) is 1.98. The van der Waals surface area contributed by atoms with E-state index in [0.29, 0.717) is 11.2 Å². The Morgan fingerprint density at radius 3 is 3.00 bits per heavy atom. The van der Waals surface area contributed by atoms with Crippen molar-refractivity contribution in [3.8, 4) is 0 Å². The van der Waals surface area contributed by atoms with Crippen LogP contribution in [0.2, 0.25) is 0 Å². The Kier molecular flexibility index (Phi) is 1.89. The summed E-state index contributed by atoms with van der Waals surface area (Å²) >= 11 is 0. The number of aromatic nitrogens is 2. The quantitative estimate of drug-likeness (QED) is 0.738. The number of hydrogen-bond donors (Lipinski definition) is 1. The molecule has 0 aliphatic heterocycles. The fourth-order valence-corrected chi connectivity index (χ4v) is 1.33. The lowest BCUT2D eigenvalue weighted by Crippen LogP contribution is -2.03. The highest BCUT2D eigenvalue weighted by Gasteiger charge is 2.10. The molecule has 2 aromatic heterocycles. The zero-order chi connectivity index (χ0) is 10.1. The van der Waals surface area contributed by atoms with Crippen molar-refractivity contribution in [2.24, 2.45) is 0 Å². The summed E-state index contributed by atoms with van der Waals surface area (Å²) < 4.78 is 0. The van der Waals surface area contributed by atoms with Gasteiger partial charge >= 0.3 is 5.97 Å². The maximum Gasteiger partial charge on any atom is 0.354 e. The first-order chi connectivity index (χ1) is 6.68. The van der Waals surface area contributed by atoms with Crippen LogP contribution < -0.4 is 0 Å². The van der Waals surface area contributed by atoms with Crippen molar-refractivity contribution in [2.45, 2.75) is 6.92 Å². The van der Waals surface area contributed by atoms with Gasteiger partial charge in [0, 0.05) is 11.6 Å². The van der Waals surface area contributed by atoms with E-state index in [9.17, 15) is 4.79 Å². The van der Waals surface area contributed by atoms with Crippen LogP contribution in [0.25, 0.3) is 11.0 Å². The van der Waals surface area contributed by atoms with E-state index in [0.717, 1.165) is 5.39 Å². The first-order valence-electron chi connectivity index (χ1n) is 4.14. The Hall–Kier alpha value is -1.97. The SMILES string of the molecule is Cc1cc2cccnc2nc1C(=O)O. The lowest BCUT2D eigenvalue weighted by molar-refractivity contribution is 0.0690. The molecule has 2 rings (SSSR count). The fraction of sp³-hybridized carbons (Fsp3) is 0.100. The predicted octanol–water partition coefficient (Wildman–Crippen LogP) is 1.64. The van der Waals surface area contributed by atoms with Crippen LogP contribution in [-0.4, -0.2) is 21.0 Å². The molecule has 4 heteroatoms. The molecule has 2 heterocycles. The maximum atomic E-state index is 10.8. The smallest absolute Gasteiger partial charge is 0.354 e. The molecular weight excluding hydrogens is 180 g/mol. The minimum Gasteiger partial charge on any atom is -0.477 e. The van der Waals surface area contributed by atoms with Crippen molar-refractivity contribution in [2.75, 3.05) is 0 Å². The molecule has 4 nitrogen and oxygen atoms in total. The van der Waals surface area contributed by atoms with Gasteiger partial charge in [0.05, 0.1) is 0 Å². The minimum atomic E-state index is -1.02. The summed E-state index contributed by atoms with van der Waals surface area (Å²) in [7, 11) is 0. The summed E-state index contributed by atoms with van der Waals surface area (Å²) in [6, 6.07) is 5.43. The van der Waals surface area contributed by atoms with E-state index in [1.54, 1.807) is 25.3 Å². The Balaban J connectivity index is 2.77. The standard InChI is InChI=1S/C10H8N2O2/c1-6-5-7-3-2-4-11-9(7)12-8(6)10(13)14/h2-5H,1H3,(H,13,14). The molecule has 0 radical (unpaired) electrons. The van der Waals surface area contributed by atoms with Gasteiger partial charge in [0.1, 0.15) is 0 Å². The summed E-state index contributed by atoms with van der Waals surface area (Å²) in [6.45, 7) is 1.73. The Labute approximate surface area is 80.2 Å². The van der Waals surface area contributed by atoms with E-state index in [-0.39, 0.29) is 5.69 Å². The molecule has 2 aromatic rings. The predicted molar refractivity (Wildman–Crippen MR) is 51.2 cm³/mol. The van der Waals surface area contributed by atoms with Gasteiger partial charge in [0.15, 0.2) is 11.3 Å². The number of rotatable bonds is 1. The number of fused-ring (bicyclic) bond motifs is 1. The number of aromatic carboxylic acids is 1. The van der Waals surface area contributed by atoms with E-state index in [4.69, 9.17) is 5.11 Å². The second-order valence-corrected chi connectivity index (χ2v) is 3.01. The molecule has 0 saturated heterocycles. The third-order valence-corrected chi connectivity index (χ3v) is 1.98. The summed E-state index contributed by atoms with van der Waals surface area (Å²) in [6.07, 6.45) is 1.59. The fourth-order valence-electron chi connectivity index (χ4n) is 1.33. The Bertz CT molecular complexity index is 508. The first kappa shape index (κ1) is 8.62. The topological polar surface area (TPSA) is 63.1 Å². The molecule has 0 bridgehead atoms. The van der Waals surface area contributed by atoms with Crippen LogP contribution in [-0.2, 0) is 0 Å². The molecule has 0 aliphatic rings. The first-order valence-corrected chi connectivity index (χ1v) is 4.14. The molecule has 0 fully saturated rings. The largest absolute Gasteiger partial charge is 0.477 e. The normalized spacial score (nSPS) is 10.4. The summed E-state index contributed by atoms with van der Waals surface area (Å²) in [4.78, 5) is 18.7. The van der Waals surface area contributed by atoms with Crippen molar-refractivity contribution in [1.29, 1.82) is 0 Å². The minimum absolute atomic E-state index is 0.0659. The van der Waals surface area contributed by atoms with E-state index in [1.165, 1.54) is 0 Å². The van der Waals surface area contributed by atoms with Gasteiger partial charge in [-0.3, -0.25) is 0 Å². The molecule has 0 amide bonds. The van der Waals surface area contributed by atoms with Gasteiger partial charge in [0.25, 0.3) is 0 Å². The average Bonchev–Trinajstić information content (AvgIpc) is 2.16. The van der Waals surface area contributed by atoms with Crippen LogP contribution in [0, 0.1) is 6.92 Å². The lowest BCUT2D eigenvalue weighted by atomic mass is 10.1. The van der Waals surface area contributed by atoms with Crippen LogP contribution >= 0.6 is 0 Å². The monoisotopic (exact) mass is 188 g/mol. The van der Waals surface area contributed by atoms with Crippen LogP contribution in [0.1, 0.15) is 16.1 Å². The second kappa shape index (κ2) is 3.06. The molecule has 0 saturated carbocycles. The third kappa shape index (κ3) is 1.31. The van der Waals surface area contributed by atoms with Gasteiger partial charge in [-0.2, -0.15) is 0 Å². The number of carboxylic acids is 1. The van der Waals surface area contributed by atoms with Crippen molar-refractivity contribution >= 4 is 17.0 Å². The van der Waals surface area contributed by atoms with E-state index >= 15 is 0 Å². The van der Waals surface area contributed by atoms with Gasteiger partial charge in [-0.05, 0) is 30.7 Å². The van der Waals surface area contributed by atoms with Crippen molar-refractivity contribution in [1.82, 2.24) is 9.97 Å². The van der Waals surface area contributed by atoms with Gasteiger partial charge in [0.2, 0.25) is 0 Å². The molecule has 0 unspecified atom stereocenters. The molecule has 1 N–H and O–H groups in total. The van der Waals surface area contributed by atoms with Gasteiger partial charge < -0.3 is 5.11 Å². The number of pyridine rings is 2. The van der Waals surface area contributed by atoms with E-state index in [1.807, 2.05) is 6.07 Å². The molecule has 0 spiro atoms. The van der Waals surface area contributed by atoms with Crippen LogP contribution in [0.4, 0.5) is 0 Å². The Morgan fingerprint density at radius 2 is 2.29 bits per heavy atom. The van der Waals surface area contributed by atoms with E-state index in [2.05, 4.69) is 9.97 Å². The number of nitrogens with zero attached hydrogens (tertiary/aromatic N) is 2. The summed E-state index contributed by atoms with van der Waals surface area (Å²) in [5.74, 6) is -1.02. The summed E-state index contributed by atoms with van der Waals surface area (Å²) in [5, 5.41) is 9.69. The summed E-state index contributed by atoms with van der Waals surface area (Å²) in [5.41, 5.74) is 1.18. The molecule has 70 valence electrons. The lowest BCUT2D eigenvalue weighted by Gasteiger charge is -2.01. The Morgan fingerprint density at radius 1 is 1.50 bits per heavy atom. The maximum absolute atomic E-state index is 10.8. The van der Waals surface area contributed by atoms with E-state index < -0.39 is 5.97 Å². The zero-order valence-electron chi connectivity index (χ0n) is 7.56. The van der Waals surface area contributed by atoms with Crippen LogP contribution in [0.15, 0.2) is 24.4 Å². The van der Waals surface area contributed by atoms with Crippen LogP contribution in [0.5, 0.6) is 0 Å². The number of aryl methyl sites for hydroxylation is 1. The molecule has 14 heavy (non-hydrogen) atoms. The highest BCUT2D eigenvalue weighted by atomic mass is 16.4. The number of hydrogen-bond acceptors (Lipinski definition) is 3. The molecule has 0 aromatic carbocycles. The van der Waals surface area contributed by atoms with Gasteiger partial charge in [-0.1, -0.05) is 0 Å². The van der Waals surface area contributed by atoms with Gasteiger partial charge in [-0.25, -0.2) is 14.8 Å². The number of carbonyl (C=O) groups is 1. The van der Waals surface area contributed by atoms with Crippen molar-refractivity contribution in [3.63, 3.8) is 0 Å².